The van der Waals surface area contributed by atoms with Crippen molar-refractivity contribution >= 4 is 37.5 Å². The fourth-order valence-corrected chi connectivity index (χ4v) is 6.56. The second-order valence-corrected chi connectivity index (χ2v) is 17.9. The van der Waals surface area contributed by atoms with Crippen molar-refractivity contribution in [2.75, 3.05) is 36.8 Å². The van der Waals surface area contributed by atoms with Gasteiger partial charge in [-0.15, -0.1) is 0 Å². The highest BCUT2D eigenvalue weighted by Gasteiger charge is 2.52. The molecule has 3 aliphatic rings. The van der Waals surface area contributed by atoms with Crippen LogP contribution in [-0.2, 0) is 24.5 Å². The highest BCUT2D eigenvalue weighted by molar-refractivity contribution is 6.76. The van der Waals surface area contributed by atoms with Gasteiger partial charge in [-0.25, -0.2) is 9.78 Å². The van der Waals surface area contributed by atoms with E-state index in [4.69, 9.17) is 9.47 Å². The van der Waals surface area contributed by atoms with Crippen LogP contribution in [0.1, 0.15) is 51.0 Å². The van der Waals surface area contributed by atoms with Gasteiger partial charge in [-0.2, -0.15) is 0 Å². The summed E-state index contributed by atoms with van der Waals surface area (Å²) in [6.45, 7) is 10.7. The summed E-state index contributed by atoms with van der Waals surface area (Å²) in [7, 11) is -1.28. The number of hydrogen-bond acceptors (Lipinski definition) is 6. The van der Waals surface area contributed by atoms with E-state index in [0.717, 1.165) is 37.3 Å². The Bertz CT molecular complexity index is 1030. The number of anilines is 2. The number of carbonyl (C=O) groups is 3. The molecular formula is C27H42N4O6Si. The van der Waals surface area contributed by atoms with Crippen molar-refractivity contribution in [1.29, 1.82) is 0 Å². The third kappa shape index (κ3) is 6.37. The molecule has 1 saturated carbocycles. The molecule has 38 heavy (non-hydrogen) atoms. The predicted octanol–water partition coefficient (Wildman–Crippen LogP) is 4.19. The minimum atomic E-state index is -1.28. The number of fused-ring (bicyclic) bond motifs is 2. The largest absolute Gasteiger partial charge is 0.465 e. The van der Waals surface area contributed by atoms with Gasteiger partial charge in [-0.1, -0.05) is 39.4 Å². The fourth-order valence-electron chi connectivity index (χ4n) is 5.81. The number of nitrogens with one attached hydrogen (secondary N) is 2. The lowest BCUT2D eigenvalue weighted by molar-refractivity contribution is -0.127. The Kier molecular flexibility index (Phi) is 8.78. The first-order chi connectivity index (χ1) is 18.0. The normalized spacial score (nSPS) is 23.7. The molecule has 2 aliphatic heterocycles. The van der Waals surface area contributed by atoms with Crippen molar-refractivity contribution in [1.82, 2.24) is 10.3 Å². The molecule has 0 radical (unpaired) electrons. The Hall–Kier alpha value is -2.50. The van der Waals surface area contributed by atoms with E-state index in [2.05, 4.69) is 42.2 Å². The van der Waals surface area contributed by atoms with Crippen LogP contribution in [0, 0.1) is 11.8 Å². The van der Waals surface area contributed by atoms with Crippen molar-refractivity contribution in [3.05, 3.63) is 17.8 Å². The maximum absolute atomic E-state index is 13.7. The van der Waals surface area contributed by atoms with Crippen molar-refractivity contribution in [3.63, 3.8) is 0 Å². The van der Waals surface area contributed by atoms with Crippen LogP contribution in [-0.4, -0.2) is 68.7 Å². The van der Waals surface area contributed by atoms with Crippen LogP contribution in [0.15, 0.2) is 12.3 Å². The molecule has 1 atom stereocenters. The summed E-state index contributed by atoms with van der Waals surface area (Å²) in [5, 5.41) is 14.6. The van der Waals surface area contributed by atoms with Crippen LogP contribution in [0.2, 0.25) is 25.7 Å². The summed E-state index contributed by atoms with van der Waals surface area (Å²) >= 11 is 0. The zero-order chi connectivity index (χ0) is 27.5. The average Bonchev–Trinajstić information content (AvgIpc) is 3.07. The summed E-state index contributed by atoms with van der Waals surface area (Å²) in [5.74, 6) is 0.352. The quantitative estimate of drug-likeness (QED) is 0.313. The Morgan fingerprint density at radius 3 is 2.55 bits per heavy atom. The third-order valence-electron chi connectivity index (χ3n) is 8.25. The van der Waals surface area contributed by atoms with E-state index in [9.17, 15) is 19.5 Å². The highest BCUT2D eigenvalue weighted by atomic mass is 28.3. The van der Waals surface area contributed by atoms with Gasteiger partial charge in [0.2, 0.25) is 11.8 Å². The average molecular weight is 547 g/mol. The van der Waals surface area contributed by atoms with Gasteiger partial charge >= 0.3 is 6.09 Å². The van der Waals surface area contributed by atoms with Gasteiger partial charge in [-0.3, -0.25) is 14.5 Å². The summed E-state index contributed by atoms with van der Waals surface area (Å²) in [5.41, 5.74) is 0.820. The molecular weight excluding hydrogens is 504 g/mol. The molecule has 1 aliphatic carbocycles. The number of ether oxygens (including phenoxy) is 2. The standard InChI is InChI=1S/C27H42N4O6Si/c1-18-5-7-19(8-6-18)23(30-26(34)35)24(32)29-22-15-21-20(16-28-22)27(9-11-36-12-10-27)25(33)31(21)17-37-13-14-38(2,3)4/h15-16,18-19,23,30H,5-14,17H2,1-4H3,(H,34,35)(H,28,29,32). The van der Waals surface area contributed by atoms with Crippen LogP contribution in [0.3, 0.4) is 0 Å². The van der Waals surface area contributed by atoms with Crippen LogP contribution in [0.5, 0.6) is 0 Å². The first-order valence-corrected chi connectivity index (χ1v) is 17.5. The van der Waals surface area contributed by atoms with Gasteiger partial charge in [0, 0.05) is 45.7 Å². The minimum Gasteiger partial charge on any atom is -0.465 e. The summed E-state index contributed by atoms with van der Waals surface area (Å²) in [6, 6.07) is 1.86. The molecule has 1 aromatic heterocycles. The maximum Gasteiger partial charge on any atom is 0.405 e. The van der Waals surface area contributed by atoms with Gasteiger partial charge in [-0.05, 0) is 43.6 Å². The lowest BCUT2D eigenvalue weighted by Crippen LogP contribution is -2.49. The van der Waals surface area contributed by atoms with Gasteiger partial charge in [0.05, 0.1) is 11.1 Å². The number of carboxylic acid groups (broad SMARTS) is 1. The molecule has 0 bridgehead atoms. The van der Waals surface area contributed by atoms with E-state index < -0.39 is 31.5 Å². The van der Waals surface area contributed by atoms with Crippen molar-refractivity contribution in [2.45, 2.75) is 82.6 Å². The lowest BCUT2D eigenvalue weighted by Gasteiger charge is -2.32. The minimum absolute atomic E-state index is 0.0178. The van der Waals surface area contributed by atoms with Crippen LogP contribution in [0.4, 0.5) is 16.3 Å². The number of rotatable bonds is 9. The Morgan fingerprint density at radius 1 is 1.24 bits per heavy atom. The molecule has 0 aromatic carbocycles. The Labute approximate surface area is 225 Å². The molecule has 210 valence electrons. The molecule has 4 rings (SSSR count). The molecule has 11 heteroatoms. The third-order valence-corrected chi connectivity index (χ3v) is 9.95. The van der Waals surface area contributed by atoms with Crippen LogP contribution in [0.25, 0.3) is 0 Å². The Morgan fingerprint density at radius 2 is 1.92 bits per heavy atom. The van der Waals surface area contributed by atoms with Crippen molar-refractivity contribution < 1.29 is 29.0 Å². The number of hydrogen-bond donors (Lipinski definition) is 3. The number of aromatic nitrogens is 1. The zero-order valence-electron chi connectivity index (χ0n) is 23.0. The maximum atomic E-state index is 13.7. The summed E-state index contributed by atoms with van der Waals surface area (Å²) in [6.07, 6.45) is 5.11. The number of nitrogens with zero attached hydrogens (tertiary/aromatic N) is 2. The van der Waals surface area contributed by atoms with Gasteiger partial charge in [0.25, 0.3) is 0 Å². The SMILES string of the molecule is CC1CCC(C(NC(=O)O)C(=O)Nc2cc3c(cn2)C2(CCOCC2)C(=O)N3COCC[Si](C)(C)C)CC1. The van der Waals surface area contributed by atoms with Crippen LogP contribution < -0.4 is 15.5 Å². The highest BCUT2D eigenvalue weighted by Crippen LogP contribution is 2.48. The first-order valence-electron chi connectivity index (χ1n) is 13.8. The fraction of sp³-hybridized carbons (Fsp3) is 0.704. The molecule has 2 fully saturated rings. The second kappa shape index (κ2) is 11.7. The van der Waals surface area contributed by atoms with Gasteiger partial charge < -0.3 is 25.2 Å². The molecule has 3 N–H and O–H groups in total. The molecule has 1 aromatic rings. The monoisotopic (exact) mass is 546 g/mol. The van der Waals surface area contributed by atoms with E-state index in [1.807, 2.05) is 0 Å². The zero-order valence-corrected chi connectivity index (χ0v) is 24.0. The predicted molar refractivity (Wildman–Crippen MR) is 147 cm³/mol. The molecule has 3 amide bonds. The van der Waals surface area contributed by atoms with Crippen LogP contribution >= 0.6 is 0 Å². The summed E-state index contributed by atoms with van der Waals surface area (Å²) in [4.78, 5) is 44.7. The van der Waals surface area contributed by atoms with E-state index in [0.29, 0.717) is 50.1 Å². The van der Waals surface area contributed by atoms with E-state index >= 15 is 0 Å². The number of amides is 3. The second-order valence-electron chi connectivity index (χ2n) is 12.3. The molecule has 3 heterocycles. The lowest BCUT2D eigenvalue weighted by atomic mass is 9.76. The smallest absolute Gasteiger partial charge is 0.405 e. The van der Waals surface area contributed by atoms with E-state index in [1.54, 1.807) is 17.2 Å². The van der Waals surface area contributed by atoms with Crippen molar-refractivity contribution in [2.24, 2.45) is 11.8 Å². The molecule has 1 unspecified atom stereocenters. The van der Waals surface area contributed by atoms with E-state index in [1.165, 1.54) is 0 Å². The first kappa shape index (κ1) is 28.5. The summed E-state index contributed by atoms with van der Waals surface area (Å²) < 4.78 is 11.5. The van der Waals surface area contributed by atoms with E-state index in [-0.39, 0.29) is 18.6 Å². The topological polar surface area (TPSA) is 130 Å². The molecule has 1 saturated heterocycles. The van der Waals surface area contributed by atoms with Gasteiger partial charge in [0.1, 0.15) is 18.6 Å². The molecule has 1 spiro atoms. The van der Waals surface area contributed by atoms with Gasteiger partial charge in [0.15, 0.2) is 0 Å². The number of pyridine rings is 1. The Balaban J connectivity index is 1.55. The number of carbonyl (C=O) groups excluding carboxylic acids is 2. The van der Waals surface area contributed by atoms with Crippen molar-refractivity contribution in [3.8, 4) is 0 Å². The molecule has 10 nitrogen and oxygen atoms in total.